The van der Waals surface area contributed by atoms with Crippen LogP contribution in [0.5, 0.6) is 23.3 Å². The van der Waals surface area contributed by atoms with Crippen LogP contribution in [0.15, 0.2) is 103 Å². The lowest BCUT2D eigenvalue weighted by molar-refractivity contribution is -0.137. The number of nitrogens with zero attached hydrogens (tertiary/aromatic N) is 4. The van der Waals surface area contributed by atoms with E-state index < -0.39 is 11.7 Å². The van der Waals surface area contributed by atoms with Crippen LogP contribution in [0.3, 0.4) is 0 Å². The minimum Gasteiger partial charge on any atom is -0.487 e. The molecule has 0 radical (unpaired) electrons. The molecule has 14 heteroatoms. The van der Waals surface area contributed by atoms with E-state index in [1.807, 2.05) is 17.9 Å². The molecule has 1 amide bonds. The van der Waals surface area contributed by atoms with Gasteiger partial charge in [0.05, 0.1) is 28.4 Å². The Morgan fingerprint density at radius 3 is 2.13 bits per heavy atom. The van der Waals surface area contributed by atoms with E-state index in [9.17, 15) is 18.0 Å². The molecule has 0 bridgehead atoms. The number of ether oxygens (including phenoxy) is 3. The van der Waals surface area contributed by atoms with Crippen molar-refractivity contribution in [3.05, 3.63) is 147 Å². The highest BCUT2D eigenvalue weighted by Crippen LogP contribution is 2.34. The molecule has 3 heterocycles. The number of carbonyl (C=O) groups excluding carboxylic acids is 1. The molecule has 0 atom stereocenters. The third-order valence-corrected chi connectivity index (χ3v) is 9.23. The first kappa shape index (κ1) is 41.4. The van der Waals surface area contributed by atoms with Crippen molar-refractivity contribution in [2.24, 2.45) is 0 Å². The molecule has 0 saturated carbocycles. The van der Waals surface area contributed by atoms with Crippen LogP contribution in [0.4, 0.5) is 13.2 Å². The monoisotopic (exact) mass is 812 g/mol. The maximum Gasteiger partial charge on any atom is 0.416 e. The van der Waals surface area contributed by atoms with Crippen molar-refractivity contribution in [2.75, 3.05) is 32.8 Å². The van der Waals surface area contributed by atoms with Crippen LogP contribution in [-0.4, -0.2) is 58.5 Å². The molecule has 2 aromatic heterocycles. The molecule has 5 aromatic rings. The van der Waals surface area contributed by atoms with Crippen LogP contribution < -0.4 is 14.2 Å². The molecule has 55 heavy (non-hydrogen) atoms. The van der Waals surface area contributed by atoms with Gasteiger partial charge in [-0.25, -0.2) is 9.97 Å². The Kier molecular flexibility index (Phi) is 14.4. The second kappa shape index (κ2) is 19.2. The van der Waals surface area contributed by atoms with Gasteiger partial charge in [-0.15, -0.1) is 12.4 Å². The highest BCUT2D eigenvalue weighted by molar-refractivity contribution is 6.32. The van der Waals surface area contributed by atoms with Crippen LogP contribution >= 0.6 is 35.6 Å². The number of aromatic nitrogens is 2. The summed E-state index contributed by atoms with van der Waals surface area (Å²) in [6.07, 6.45) is 2.73. The lowest BCUT2D eigenvalue weighted by Gasteiger charge is -2.34. The zero-order valence-electron chi connectivity index (χ0n) is 29.8. The van der Waals surface area contributed by atoms with Gasteiger partial charge in [0, 0.05) is 63.6 Å². The zero-order valence-corrected chi connectivity index (χ0v) is 32.1. The fraction of sp³-hybridized carbons (Fsp3) is 0.244. The first-order valence-corrected chi connectivity index (χ1v) is 18.0. The summed E-state index contributed by atoms with van der Waals surface area (Å²) in [4.78, 5) is 25.6. The molecule has 3 aromatic carbocycles. The largest absolute Gasteiger partial charge is 0.487 e. The number of hydrogen-bond acceptors (Lipinski definition) is 7. The number of hydrogen-bond donors (Lipinski definition) is 0. The van der Waals surface area contributed by atoms with E-state index >= 15 is 0 Å². The van der Waals surface area contributed by atoms with Crippen LogP contribution in [-0.2, 0) is 30.5 Å². The Balaban J connectivity index is 0.00000580. The predicted molar refractivity (Wildman–Crippen MR) is 209 cm³/mol. The van der Waals surface area contributed by atoms with E-state index in [0.29, 0.717) is 52.7 Å². The first-order valence-electron chi connectivity index (χ1n) is 17.2. The van der Waals surface area contributed by atoms with Gasteiger partial charge >= 0.3 is 6.18 Å². The summed E-state index contributed by atoms with van der Waals surface area (Å²) in [5.74, 6) is 1.63. The summed E-state index contributed by atoms with van der Waals surface area (Å²) in [5.41, 5.74) is 3.79. The molecule has 0 aliphatic carbocycles. The minimum atomic E-state index is -4.39. The van der Waals surface area contributed by atoms with E-state index in [2.05, 4.69) is 39.1 Å². The quantitative estimate of drug-likeness (QED) is 0.110. The van der Waals surface area contributed by atoms with Crippen LogP contribution in [0.2, 0.25) is 10.0 Å². The highest BCUT2D eigenvalue weighted by Gasteiger charge is 2.30. The summed E-state index contributed by atoms with van der Waals surface area (Å²) >= 11 is 12.5. The van der Waals surface area contributed by atoms with Gasteiger partial charge in [0.25, 0.3) is 0 Å². The molecule has 6 rings (SSSR count). The Labute approximate surface area is 333 Å². The van der Waals surface area contributed by atoms with E-state index in [1.54, 1.807) is 48.7 Å². The second-order valence-electron chi connectivity index (χ2n) is 12.7. The maximum atomic E-state index is 13.0. The number of carbonyl (C=O) groups is 1. The van der Waals surface area contributed by atoms with Gasteiger partial charge in [-0.3, -0.25) is 9.69 Å². The Bertz CT molecular complexity index is 2020. The molecule has 1 aliphatic rings. The average Bonchev–Trinajstić information content (AvgIpc) is 3.16. The molecule has 0 spiro atoms. The van der Waals surface area contributed by atoms with Crippen molar-refractivity contribution >= 4 is 47.6 Å². The summed E-state index contributed by atoms with van der Waals surface area (Å²) in [5, 5.41) is 0.933. The lowest BCUT2D eigenvalue weighted by Crippen LogP contribution is -2.47. The van der Waals surface area contributed by atoms with Gasteiger partial charge in [-0.1, -0.05) is 59.6 Å². The Morgan fingerprint density at radius 1 is 0.818 bits per heavy atom. The van der Waals surface area contributed by atoms with Crippen LogP contribution in [0, 0.1) is 6.92 Å². The number of benzene rings is 3. The van der Waals surface area contributed by atoms with Gasteiger partial charge in [0.1, 0.15) is 12.4 Å². The van der Waals surface area contributed by atoms with Gasteiger partial charge < -0.3 is 19.1 Å². The fourth-order valence-electron chi connectivity index (χ4n) is 5.75. The average molecular weight is 814 g/mol. The van der Waals surface area contributed by atoms with E-state index in [4.69, 9.17) is 37.4 Å². The Hall–Kier alpha value is -4.81. The van der Waals surface area contributed by atoms with E-state index in [0.717, 1.165) is 49.3 Å². The van der Waals surface area contributed by atoms with Crippen molar-refractivity contribution < 1.29 is 32.2 Å². The normalized spacial score (nSPS) is 13.4. The second-order valence-corrected chi connectivity index (χ2v) is 13.6. The third-order valence-electron chi connectivity index (χ3n) is 8.73. The van der Waals surface area contributed by atoms with Crippen molar-refractivity contribution in [2.45, 2.75) is 32.7 Å². The summed E-state index contributed by atoms with van der Waals surface area (Å²) < 4.78 is 55.7. The van der Waals surface area contributed by atoms with Crippen LogP contribution in [0.25, 0.3) is 6.08 Å². The molecule has 0 N–H and O–H groups in total. The summed E-state index contributed by atoms with van der Waals surface area (Å²) in [6.45, 7) is 6.10. The number of rotatable bonds is 13. The van der Waals surface area contributed by atoms with Gasteiger partial charge in [0.15, 0.2) is 5.75 Å². The first-order chi connectivity index (χ1) is 26.0. The van der Waals surface area contributed by atoms with Gasteiger partial charge in [-0.2, -0.15) is 13.2 Å². The van der Waals surface area contributed by atoms with Crippen LogP contribution in [0.1, 0.15) is 33.4 Å². The van der Waals surface area contributed by atoms with Crippen molar-refractivity contribution in [1.29, 1.82) is 0 Å². The molecular weight excluding hydrogens is 776 g/mol. The number of aryl methyl sites for hydroxylation is 1. The van der Waals surface area contributed by atoms with E-state index in [1.165, 1.54) is 29.5 Å². The molecule has 288 valence electrons. The third kappa shape index (κ3) is 12.1. The zero-order chi connectivity index (χ0) is 38.1. The number of pyridine rings is 2. The molecule has 0 unspecified atom stereocenters. The Morgan fingerprint density at radius 2 is 1.49 bits per heavy atom. The topological polar surface area (TPSA) is 77.0 Å². The van der Waals surface area contributed by atoms with Gasteiger partial charge in [-0.05, 0) is 77.2 Å². The minimum absolute atomic E-state index is 0. The molecule has 1 fully saturated rings. The maximum absolute atomic E-state index is 13.0. The molecule has 1 saturated heterocycles. The van der Waals surface area contributed by atoms with Crippen molar-refractivity contribution in [1.82, 2.24) is 19.8 Å². The number of halogens is 6. The summed E-state index contributed by atoms with van der Waals surface area (Å²) in [6, 6.07) is 23.7. The number of alkyl halides is 3. The molecule has 1 aliphatic heterocycles. The summed E-state index contributed by atoms with van der Waals surface area (Å²) in [7, 11) is 0. The smallest absolute Gasteiger partial charge is 0.416 e. The standard InChI is InChI=1S/C41H37Cl2F3N4O4.ClH/c1-28-22-32(23-36(43)40(28)54-38-14-12-35(25-48-38)53-27-31-6-9-33(10-7-31)41(44,45)46)8-15-39(51)50-19-17-49(18-20-50)26-30-4-2-29(3-5-30)16-21-52-37-13-11-34(42)24-47-37;/h2-15,22-25H,16-21,26-27H2,1H3;1H. The molecule has 8 nitrogen and oxygen atoms in total. The number of amides is 1. The highest BCUT2D eigenvalue weighted by atomic mass is 35.5. The van der Waals surface area contributed by atoms with Gasteiger partial charge in [0.2, 0.25) is 17.7 Å². The number of piperazine rings is 1. The fourth-order valence-corrected chi connectivity index (χ4v) is 6.17. The predicted octanol–water partition coefficient (Wildman–Crippen LogP) is 9.88. The molecular formula is C41H38Cl3F3N4O4. The van der Waals surface area contributed by atoms with Crippen molar-refractivity contribution in [3.63, 3.8) is 0 Å². The SMILES string of the molecule is Cc1cc(C=CC(=O)N2CCN(Cc3ccc(CCOc4ccc(Cl)cn4)cc3)CC2)cc(Cl)c1Oc1ccc(OCc2ccc(C(F)(F)F)cc2)cn1.Cl. The van der Waals surface area contributed by atoms with Crippen molar-refractivity contribution in [3.8, 4) is 23.3 Å². The lowest BCUT2D eigenvalue weighted by atomic mass is 10.1. The van der Waals surface area contributed by atoms with E-state index in [-0.39, 0.29) is 30.8 Å².